The molecule has 0 aliphatic carbocycles. The zero-order valence-corrected chi connectivity index (χ0v) is 7.95. The molecule has 0 bridgehead atoms. The zero-order valence-electron chi connectivity index (χ0n) is 6.80. The van der Waals surface area contributed by atoms with Crippen molar-refractivity contribution in [2.24, 2.45) is 0 Å². The molecule has 0 radical (unpaired) electrons. The van der Waals surface area contributed by atoms with Crippen LogP contribution in [-0.2, 0) is 0 Å². The number of nitrogens with one attached hydrogen (secondary N) is 1. The van der Waals surface area contributed by atoms with Crippen molar-refractivity contribution in [3.63, 3.8) is 0 Å². The second-order valence-corrected chi connectivity index (χ2v) is 2.90. The van der Waals surface area contributed by atoms with Crippen LogP contribution in [0.1, 0.15) is 11.6 Å². The summed E-state index contributed by atoms with van der Waals surface area (Å²) in [5.41, 5.74) is 0.249. The third-order valence-corrected chi connectivity index (χ3v) is 2.12. The van der Waals surface area contributed by atoms with Gasteiger partial charge in [0.25, 0.3) is 0 Å². The monoisotopic (exact) mass is 205 g/mol. The second-order valence-electron chi connectivity index (χ2n) is 2.57. The van der Waals surface area contributed by atoms with Crippen LogP contribution < -0.4 is 5.09 Å². The number of halogens is 2. The number of hydrogen-bond acceptors (Lipinski definition) is 2. The van der Waals surface area contributed by atoms with Gasteiger partial charge in [0.2, 0.25) is 0 Å². The lowest BCUT2D eigenvalue weighted by Crippen LogP contribution is -2.16. The van der Waals surface area contributed by atoms with Crippen LogP contribution in [0.2, 0.25) is 0 Å². The molecule has 0 fully saturated rings. The fourth-order valence-electron chi connectivity index (χ4n) is 1.02. The minimum absolute atomic E-state index is 0.244. The number of hydrogen-bond donors (Lipinski definition) is 2. The van der Waals surface area contributed by atoms with Gasteiger partial charge in [-0.2, -0.15) is 0 Å². The summed E-state index contributed by atoms with van der Waals surface area (Å²) in [7, 11) is 2.18. The lowest BCUT2D eigenvalue weighted by molar-refractivity contribution is 0.258. The van der Waals surface area contributed by atoms with E-state index in [1.54, 1.807) is 0 Å². The first kappa shape index (κ1) is 10.5. The highest BCUT2D eigenvalue weighted by Crippen LogP contribution is 2.18. The smallest absolute Gasteiger partial charge is 0.130 e. The fourth-order valence-corrected chi connectivity index (χ4v) is 1.31. The molecule has 0 aromatic heterocycles. The minimum atomic E-state index is -0.658. The molecule has 2 N–H and O–H groups in total. The van der Waals surface area contributed by atoms with Gasteiger partial charge in [-0.25, -0.2) is 8.78 Å². The Morgan fingerprint density at radius 3 is 2.62 bits per heavy atom. The average molecular weight is 205 g/mol. The Hall–Kier alpha value is -0.570. The number of aliphatic hydroxyl groups is 1. The van der Waals surface area contributed by atoms with Gasteiger partial charge in [0, 0.05) is 11.6 Å². The van der Waals surface area contributed by atoms with Crippen molar-refractivity contribution in [1.82, 2.24) is 5.09 Å². The van der Waals surface area contributed by atoms with Crippen LogP contribution in [-0.4, -0.2) is 11.7 Å². The Morgan fingerprint density at radius 2 is 2.15 bits per heavy atom. The van der Waals surface area contributed by atoms with Crippen molar-refractivity contribution < 1.29 is 13.9 Å². The van der Waals surface area contributed by atoms with E-state index in [2.05, 4.69) is 14.5 Å². The summed E-state index contributed by atoms with van der Waals surface area (Å²) in [5.74, 6) is -1.28. The molecule has 0 saturated heterocycles. The van der Waals surface area contributed by atoms with Crippen molar-refractivity contribution in [2.45, 2.75) is 6.04 Å². The van der Waals surface area contributed by atoms with E-state index in [4.69, 9.17) is 5.11 Å². The molecule has 0 aliphatic rings. The molecule has 13 heavy (non-hydrogen) atoms. The Kier molecular flexibility index (Phi) is 3.72. The molecule has 0 spiro atoms. The highest BCUT2D eigenvalue weighted by molar-refractivity contribution is 7.13. The number of rotatable bonds is 3. The molecule has 1 aromatic rings. The molecule has 2 nitrogen and oxygen atoms in total. The topological polar surface area (TPSA) is 32.3 Å². The summed E-state index contributed by atoms with van der Waals surface area (Å²) in [5, 5.41) is 11.5. The van der Waals surface area contributed by atoms with E-state index in [1.165, 1.54) is 6.07 Å². The van der Waals surface area contributed by atoms with Gasteiger partial charge in [-0.05, 0) is 6.07 Å². The first-order chi connectivity index (χ1) is 6.19. The molecule has 72 valence electrons. The summed E-state index contributed by atoms with van der Waals surface area (Å²) in [4.78, 5) is 0. The molecular weight excluding hydrogens is 195 g/mol. The second kappa shape index (κ2) is 4.61. The maximum Gasteiger partial charge on any atom is 0.130 e. The highest BCUT2D eigenvalue weighted by atomic mass is 31.0. The molecule has 1 aromatic carbocycles. The van der Waals surface area contributed by atoms with E-state index in [1.807, 2.05) is 0 Å². The standard InChI is InChI=1S/C8H10F2NOP/c9-5-1-2-6(7(10)3-5)8(4-12)11-13/h1-3,8,11-12H,4,13H2. The third-order valence-electron chi connectivity index (χ3n) is 1.72. The summed E-state index contributed by atoms with van der Waals surface area (Å²) in [6, 6.07) is 2.73. The fraction of sp³-hybridized carbons (Fsp3) is 0.250. The minimum Gasteiger partial charge on any atom is -0.394 e. The predicted octanol–water partition coefficient (Wildman–Crippen LogP) is 1.38. The van der Waals surface area contributed by atoms with Crippen molar-refractivity contribution in [3.05, 3.63) is 35.4 Å². The van der Waals surface area contributed by atoms with E-state index in [0.717, 1.165) is 12.1 Å². The van der Waals surface area contributed by atoms with Crippen LogP contribution in [0.4, 0.5) is 8.78 Å². The molecular formula is C8H10F2NOP. The van der Waals surface area contributed by atoms with Crippen molar-refractivity contribution in [1.29, 1.82) is 0 Å². The average Bonchev–Trinajstić information content (AvgIpc) is 2.10. The van der Waals surface area contributed by atoms with E-state index >= 15 is 0 Å². The quantitative estimate of drug-likeness (QED) is 0.730. The van der Waals surface area contributed by atoms with Crippen LogP contribution in [0.3, 0.4) is 0 Å². The summed E-state index contributed by atoms with van der Waals surface area (Å²) < 4.78 is 25.6. The predicted molar refractivity (Wildman–Crippen MR) is 49.0 cm³/mol. The highest BCUT2D eigenvalue weighted by Gasteiger charge is 2.12. The van der Waals surface area contributed by atoms with Gasteiger partial charge in [0.05, 0.1) is 12.6 Å². The molecule has 0 amide bonds. The Labute approximate surface area is 77.2 Å². The maximum atomic E-state index is 13.1. The van der Waals surface area contributed by atoms with Gasteiger partial charge in [0.15, 0.2) is 0 Å². The normalized spacial score (nSPS) is 12.9. The summed E-state index contributed by atoms with van der Waals surface area (Å²) in [6.07, 6.45) is 0. The van der Waals surface area contributed by atoms with Gasteiger partial charge in [-0.15, -0.1) is 0 Å². The van der Waals surface area contributed by atoms with Crippen molar-refractivity contribution in [3.8, 4) is 0 Å². The van der Waals surface area contributed by atoms with E-state index < -0.39 is 17.7 Å². The van der Waals surface area contributed by atoms with Gasteiger partial charge >= 0.3 is 0 Å². The SMILES string of the molecule is OCC(NP)c1ccc(F)cc1F. The van der Waals surface area contributed by atoms with Gasteiger partial charge < -0.3 is 5.11 Å². The van der Waals surface area contributed by atoms with Crippen LogP contribution in [0.5, 0.6) is 0 Å². The molecule has 2 atom stereocenters. The summed E-state index contributed by atoms with van der Waals surface area (Å²) >= 11 is 0. The lowest BCUT2D eigenvalue weighted by Gasteiger charge is -2.13. The van der Waals surface area contributed by atoms with Crippen molar-refractivity contribution in [2.75, 3.05) is 6.61 Å². The number of aliphatic hydroxyl groups excluding tert-OH is 1. The van der Waals surface area contributed by atoms with E-state index in [0.29, 0.717) is 0 Å². The third kappa shape index (κ3) is 2.44. The number of benzene rings is 1. The van der Waals surface area contributed by atoms with E-state index in [9.17, 15) is 8.78 Å². The van der Waals surface area contributed by atoms with Gasteiger partial charge in [-0.3, -0.25) is 5.09 Å². The largest absolute Gasteiger partial charge is 0.394 e. The van der Waals surface area contributed by atoms with Crippen LogP contribution in [0, 0.1) is 11.6 Å². The zero-order chi connectivity index (χ0) is 9.84. The first-order valence-corrected chi connectivity index (χ1v) is 4.28. The summed E-state index contributed by atoms with van der Waals surface area (Å²) in [6.45, 7) is -0.244. The first-order valence-electron chi connectivity index (χ1n) is 3.71. The molecule has 5 heteroatoms. The molecule has 2 unspecified atom stereocenters. The van der Waals surface area contributed by atoms with Crippen LogP contribution in [0.25, 0.3) is 0 Å². The lowest BCUT2D eigenvalue weighted by atomic mass is 10.1. The van der Waals surface area contributed by atoms with Crippen LogP contribution in [0.15, 0.2) is 18.2 Å². The van der Waals surface area contributed by atoms with Gasteiger partial charge in [0.1, 0.15) is 11.6 Å². The molecule has 0 aliphatic heterocycles. The van der Waals surface area contributed by atoms with Crippen molar-refractivity contribution >= 4 is 9.39 Å². The Morgan fingerprint density at radius 1 is 1.46 bits per heavy atom. The van der Waals surface area contributed by atoms with E-state index in [-0.39, 0.29) is 12.2 Å². The Balaban J connectivity index is 2.99. The van der Waals surface area contributed by atoms with Gasteiger partial charge in [-0.1, -0.05) is 15.5 Å². The molecule has 1 rings (SSSR count). The maximum absolute atomic E-state index is 13.1. The Bertz CT molecular complexity index is 291. The molecule has 0 saturated carbocycles. The van der Waals surface area contributed by atoms with Crippen LogP contribution >= 0.6 is 9.39 Å². The molecule has 0 heterocycles.